The van der Waals surface area contributed by atoms with Gasteiger partial charge in [0, 0.05) is 25.7 Å². The van der Waals surface area contributed by atoms with Gasteiger partial charge < -0.3 is 9.84 Å². The molecule has 3 atom stereocenters. The average Bonchev–Trinajstić information content (AvgIpc) is 3.22. The summed E-state index contributed by atoms with van der Waals surface area (Å²) in [4.78, 5) is 14.1. The molecular weight excluding hydrogens is 268 g/mol. The molecule has 21 heavy (non-hydrogen) atoms. The van der Waals surface area contributed by atoms with E-state index in [4.69, 9.17) is 4.74 Å². The molecule has 1 aliphatic carbocycles. The van der Waals surface area contributed by atoms with Gasteiger partial charge in [0.1, 0.15) is 5.54 Å². The van der Waals surface area contributed by atoms with Crippen LogP contribution in [0.3, 0.4) is 0 Å². The molecule has 2 aliphatic rings. The van der Waals surface area contributed by atoms with Crippen LogP contribution in [0.4, 0.5) is 0 Å². The van der Waals surface area contributed by atoms with Crippen LogP contribution in [0.25, 0.3) is 0 Å². The van der Waals surface area contributed by atoms with Gasteiger partial charge in [0.15, 0.2) is 0 Å². The Morgan fingerprint density at radius 3 is 2.76 bits per heavy atom. The van der Waals surface area contributed by atoms with Crippen LogP contribution in [-0.2, 0) is 9.53 Å². The summed E-state index contributed by atoms with van der Waals surface area (Å²) in [5.74, 6) is -0.743. The molecule has 122 valence electrons. The number of methoxy groups -OCH3 is 1. The molecule has 5 heteroatoms. The van der Waals surface area contributed by atoms with Crippen molar-refractivity contribution < 1.29 is 14.6 Å². The van der Waals surface area contributed by atoms with E-state index in [1.807, 2.05) is 6.92 Å². The van der Waals surface area contributed by atoms with Crippen molar-refractivity contribution in [1.29, 1.82) is 0 Å². The number of nitrogens with zero attached hydrogens (tertiary/aromatic N) is 1. The van der Waals surface area contributed by atoms with Gasteiger partial charge in [-0.15, -0.1) is 0 Å². The van der Waals surface area contributed by atoms with Gasteiger partial charge in [-0.05, 0) is 59.4 Å². The Balaban J connectivity index is 1.97. The van der Waals surface area contributed by atoms with E-state index in [-0.39, 0.29) is 11.6 Å². The molecule has 0 bridgehead atoms. The van der Waals surface area contributed by atoms with E-state index < -0.39 is 11.5 Å². The van der Waals surface area contributed by atoms with Crippen LogP contribution in [0.15, 0.2) is 0 Å². The fraction of sp³-hybridized carbons (Fsp3) is 0.938. The molecule has 0 aromatic rings. The summed E-state index contributed by atoms with van der Waals surface area (Å²) < 4.78 is 5.64. The van der Waals surface area contributed by atoms with E-state index in [1.54, 1.807) is 7.11 Å². The topological polar surface area (TPSA) is 61.8 Å². The van der Waals surface area contributed by atoms with Crippen LogP contribution in [0.5, 0.6) is 0 Å². The Hall–Kier alpha value is -0.650. The average molecular weight is 298 g/mol. The number of carboxylic acid groups (broad SMARTS) is 1. The van der Waals surface area contributed by atoms with E-state index in [9.17, 15) is 9.90 Å². The van der Waals surface area contributed by atoms with E-state index in [0.29, 0.717) is 12.5 Å². The number of piperidine rings is 1. The maximum absolute atomic E-state index is 11.7. The highest BCUT2D eigenvalue weighted by atomic mass is 16.5. The summed E-state index contributed by atoms with van der Waals surface area (Å²) in [6, 6.07) is 0.621. The number of ether oxygens (including phenoxy) is 1. The molecule has 2 N–H and O–H groups in total. The minimum atomic E-state index is -0.832. The first-order valence-corrected chi connectivity index (χ1v) is 8.08. The fourth-order valence-electron chi connectivity index (χ4n) is 3.39. The predicted molar refractivity (Wildman–Crippen MR) is 82.5 cm³/mol. The van der Waals surface area contributed by atoms with Crippen molar-refractivity contribution in [2.45, 2.75) is 76.1 Å². The maximum Gasteiger partial charge on any atom is 0.323 e. The Morgan fingerprint density at radius 2 is 2.24 bits per heavy atom. The first-order valence-electron chi connectivity index (χ1n) is 8.08. The molecule has 0 aromatic heterocycles. The van der Waals surface area contributed by atoms with Crippen LogP contribution in [-0.4, -0.2) is 59.4 Å². The number of hydrogen-bond acceptors (Lipinski definition) is 4. The summed E-state index contributed by atoms with van der Waals surface area (Å²) in [5, 5.41) is 12.9. The van der Waals surface area contributed by atoms with E-state index in [2.05, 4.69) is 24.1 Å². The minimum Gasteiger partial charge on any atom is -0.480 e. The highest BCUT2D eigenvalue weighted by molar-refractivity contribution is 5.78. The van der Waals surface area contributed by atoms with Gasteiger partial charge in [-0.3, -0.25) is 15.0 Å². The zero-order valence-corrected chi connectivity index (χ0v) is 13.8. The van der Waals surface area contributed by atoms with Crippen LogP contribution in [0, 0.1) is 0 Å². The lowest BCUT2D eigenvalue weighted by Crippen LogP contribution is -2.57. The molecule has 1 saturated heterocycles. The number of carbonyl (C=O) groups is 1. The van der Waals surface area contributed by atoms with Crippen molar-refractivity contribution in [2.24, 2.45) is 0 Å². The molecule has 0 aromatic carbocycles. The second-order valence-corrected chi connectivity index (χ2v) is 7.34. The van der Waals surface area contributed by atoms with Crippen molar-refractivity contribution in [3.63, 3.8) is 0 Å². The second-order valence-electron chi connectivity index (χ2n) is 7.34. The van der Waals surface area contributed by atoms with Crippen LogP contribution in [0.2, 0.25) is 0 Å². The van der Waals surface area contributed by atoms with Crippen LogP contribution in [0.1, 0.15) is 52.9 Å². The molecule has 2 rings (SSSR count). The molecule has 5 nitrogen and oxygen atoms in total. The first-order chi connectivity index (χ1) is 9.78. The van der Waals surface area contributed by atoms with Crippen molar-refractivity contribution in [3.8, 4) is 0 Å². The second kappa shape index (κ2) is 6.23. The first kappa shape index (κ1) is 16.7. The zero-order chi connectivity index (χ0) is 15.7. The zero-order valence-electron chi connectivity index (χ0n) is 13.8. The number of likely N-dealkylation sites (tertiary alicyclic amines) is 1. The van der Waals surface area contributed by atoms with Crippen molar-refractivity contribution in [1.82, 2.24) is 10.2 Å². The highest BCUT2D eigenvalue weighted by Crippen LogP contribution is 2.29. The molecule has 0 radical (unpaired) electrons. The summed E-state index contributed by atoms with van der Waals surface area (Å²) in [6.45, 7) is 8.01. The predicted octanol–water partition coefficient (Wildman–Crippen LogP) is 1.86. The van der Waals surface area contributed by atoms with E-state index >= 15 is 0 Å². The quantitative estimate of drug-likeness (QED) is 0.751. The monoisotopic (exact) mass is 298 g/mol. The summed E-state index contributed by atoms with van der Waals surface area (Å²) in [5.41, 5.74) is -0.933. The lowest BCUT2D eigenvalue weighted by Gasteiger charge is -2.44. The Morgan fingerprint density at radius 1 is 1.57 bits per heavy atom. The largest absolute Gasteiger partial charge is 0.480 e. The smallest absolute Gasteiger partial charge is 0.323 e. The Bertz CT molecular complexity index is 386. The van der Waals surface area contributed by atoms with Crippen LogP contribution >= 0.6 is 0 Å². The van der Waals surface area contributed by atoms with Gasteiger partial charge in [0.2, 0.25) is 0 Å². The third kappa shape index (κ3) is 4.18. The highest BCUT2D eigenvalue weighted by Gasteiger charge is 2.41. The molecule has 1 heterocycles. The van der Waals surface area contributed by atoms with Gasteiger partial charge in [-0.1, -0.05) is 0 Å². The third-order valence-electron chi connectivity index (χ3n) is 5.08. The molecular formula is C16H30N2O3. The molecule has 0 spiro atoms. The standard InChI is InChI=1S/C16H30N2O3/c1-12(18-9-5-8-15(2,11-18)21-4)10-16(3,14(19)20)17-13-6-7-13/h12-13,17H,5-11H2,1-4H3,(H,19,20). The van der Waals surface area contributed by atoms with E-state index in [1.165, 1.54) is 0 Å². The van der Waals surface area contributed by atoms with E-state index in [0.717, 1.165) is 38.8 Å². The lowest BCUT2D eigenvalue weighted by atomic mass is 9.89. The van der Waals surface area contributed by atoms with Crippen molar-refractivity contribution in [2.75, 3.05) is 20.2 Å². The maximum atomic E-state index is 11.7. The lowest BCUT2D eigenvalue weighted by molar-refractivity contribution is -0.145. The van der Waals surface area contributed by atoms with Gasteiger partial charge in [0.05, 0.1) is 5.60 Å². The summed E-state index contributed by atoms with van der Waals surface area (Å²) in [6.07, 6.45) is 5.00. The Labute approximate surface area is 128 Å². The van der Waals surface area contributed by atoms with Crippen LogP contribution < -0.4 is 5.32 Å². The molecule has 1 aliphatic heterocycles. The molecule has 3 unspecified atom stereocenters. The van der Waals surface area contributed by atoms with Gasteiger partial charge in [-0.2, -0.15) is 0 Å². The minimum absolute atomic E-state index is 0.101. The van der Waals surface area contributed by atoms with Crippen molar-refractivity contribution in [3.05, 3.63) is 0 Å². The Kier molecular flexibility index (Phi) is 4.96. The number of carboxylic acids is 1. The number of aliphatic carboxylic acids is 1. The SMILES string of the molecule is COC1(C)CCCN(C(C)CC(C)(NC2CC2)C(=O)O)C1. The van der Waals surface area contributed by atoms with Gasteiger partial charge in [0.25, 0.3) is 0 Å². The van der Waals surface area contributed by atoms with Crippen molar-refractivity contribution >= 4 is 5.97 Å². The third-order valence-corrected chi connectivity index (χ3v) is 5.08. The fourth-order valence-corrected chi connectivity index (χ4v) is 3.39. The van der Waals surface area contributed by atoms with Gasteiger partial charge in [-0.25, -0.2) is 0 Å². The summed E-state index contributed by atoms with van der Waals surface area (Å²) in [7, 11) is 1.77. The van der Waals surface area contributed by atoms with Gasteiger partial charge >= 0.3 is 5.97 Å². The number of hydrogen-bond donors (Lipinski definition) is 2. The molecule has 2 fully saturated rings. The molecule has 0 amide bonds. The molecule has 1 saturated carbocycles. The summed E-state index contributed by atoms with van der Waals surface area (Å²) >= 11 is 0. The number of nitrogens with one attached hydrogen (secondary N) is 1. The number of rotatable bonds is 7. The normalized spacial score (nSPS) is 31.6.